The molecule has 0 N–H and O–H groups in total. The van der Waals surface area contributed by atoms with Crippen LogP contribution in [0.4, 0.5) is 0 Å². The number of unbranched alkanes of at least 4 members (excludes halogenated alkanes) is 1. The van der Waals surface area contributed by atoms with Crippen molar-refractivity contribution < 1.29 is 0 Å². The quantitative estimate of drug-likeness (QED) is 0.265. The van der Waals surface area contributed by atoms with Gasteiger partial charge in [-0.1, -0.05) is 81.5 Å². The number of benzene rings is 2. The lowest BCUT2D eigenvalue weighted by Gasteiger charge is -2.18. The summed E-state index contributed by atoms with van der Waals surface area (Å²) in [7, 11) is 0. The fourth-order valence-corrected chi connectivity index (χ4v) is 6.23. The summed E-state index contributed by atoms with van der Waals surface area (Å²) in [5.41, 5.74) is 8.63. The summed E-state index contributed by atoms with van der Waals surface area (Å²) in [6, 6.07) is 14.0. The van der Waals surface area contributed by atoms with Gasteiger partial charge in [-0.2, -0.15) is 5.26 Å². The largest absolute Gasteiger partial charge is 0.198 e. The molecule has 0 bridgehead atoms. The summed E-state index contributed by atoms with van der Waals surface area (Å²) in [4.78, 5) is 0. The van der Waals surface area contributed by atoms with E-state index in [1.54, 1.807) is 0 Å². The molecule has 0 aliphatic heterocycles. The second-order valence-electron chi connectivity index (χ2n) is 11.3. The summed E-state index contributed by atoms with van der Waals surface area (Å²) >= 11 is 6.96. The van der Waals surface area contributed by atoms with Crippen molar-refractivity contribution in [3.8, 4) is 6.07 Å². The summed E-state index contributed by atoms with van der Waals surface area (Å²) in [6.45, 7) is 4.55. The predicted molar refractivity (Wildman–Crippen MR) is 144 cm³/mol. The van der Waals surface area contributed by atoms with E-state index in [9.17, 15) is 0 Å². The third-order valence-corrected chi connectivity index (χ3v) is 8.56. The normalized spacial score (nSPS) is 16.8. The first kappa shape index (κ1) is 25.3. The zero-order valence-electron chi connectivity index (χ0n) is 21.3. The van der Waals surface area contributed by atoms with E-state index in [1.807, 2.05) is 0 Å². The van der Waals surface area contributed by atoms with Gasteiger partial charge in [0.25, 0.3) is 0 Å². The Balaban J connectivity index is 1.38. The molecular formula is C32H42ClN. The molecule has 1 saturated carbocycles. The van der Waals surface area contributed by atoms with Gasteiger partial charge < -0.3 is 0 Å². The van der Waals surface area contributed by atoms with Gasteiger partial charge >= 0.3 is 0 Å². The molecule has 182 valence electrons. The molecule has 2 atom stereocenters. The third-order valence-electron chi connectivity index (χ3n) is 8.09. The van der Waals surface area contributed by atoms with Crippen molar-refractivity contribution in [3.63, 3.8) is 0 Å². The first-order valence-corrected chi connectivity index (χ1v) is 14.2. The van der Waals surface area contributed by atoms with Crippen LogP contribution < -0.4 is 0 Å². The predicted octanol–water partition coefficient (Wildman–Crippen LogP) is 9.05. The zero-order valence-corrected chi connectivity index (χ0v) is 22.1. The first-order valence-electron chi connectivity index (χ1n) is 13.8. The van der Waals surface area contributed by atoms with E-state index in [1.165, 1.54) is 91.2 Å². The monoisotopic (exact) mass is 475 g/mol. The maximum atomic E-state index is 8.96. The number of aryl methyl sites for hydroxylation is 2. The minimum atomic E-state index is 0.493. The number of hydrogen-bond donors (Lipinski definition) is 0. The minimum absolute atomic E-state index is 0.493. The SMILES string of the molecule is CC(CC#N)CC(C)CCc1cc(Cc2ccc(CCCCC3CC3)cc2)c(Cl)c2c1CCC2. The van der Waals surface area contributed by atoms with Crippen LogP contribution in [0.15, 0.2) is 30.3 Å². The Morgan fingerprint density at radius 1 is 0.941 bits per heavy atom. The lowest BCUT2D eigenvalue weighted by molar-refractivity contribution is 0.399. The highest BCUT2D eigenvalue weighted by molar-refractivity contribution is 6.32. The molecular weight excluding hydrogens is 434 g/mol. The molecule has 0 saturated heterocycles. The summed E-state index contributed by atoms with van der Waals surface area (Å²) in [6.07, 6.45) is 16.9. The maximum absolute atomic E-state index is 8.96. The van der Waals surface area contributed by atoms with Crippen molar-refractivity contribution in [1.29, 1.82) is 5.26 Å². The fourth-order valence-electron chi connectivity index (χ4n) is 5.90. The van der Waals surface area contributed by atoms with Crippen molar-refractivity contribution in [1.82, 2.24) is 0 Å². The van der Waals surface area contributed by atoms with E-state index in [-0.39, 0.29) is 0 Å². The lowest BCUT2D eigenvalue weighted by atomic mass is 9.88. The molecule has 2 aliphatic rings. The Labute approximate surface area is 212 Å². The van der Waals surface area contributed by atoms with Crippen molar-refractivity contribution in [3.05, 3.63) is 68.7 Å². The second-order valence-corrected chi connectivity index (χ2v) is 11.7. The van der Waals surface area contributed by atoms with Crippen molar-refractivity contribution in [2.24, 2.45) is 17.8 Å². The summed E-state index contributed by atoms with van der Waals surface area (Å²) in [5, 5.41) is 9.99. The first-order chi connectivity index (χ1) is 16.5. The van der Waals surface area contributed by atoms with Crippen LogP contribution >= 0.6 is 11.6 Å². The van der Waals surface area contributed by atoms with Crippen LogP contribution in [0.25, 0.3) is 0 Å². The van der Waals surface area contributed by atoms with Crippen LogP contribution in [0.5, 0.6) is 0 Å². The molecule has 0 heterocycles. The van der Waals surface area contributed by atoms with Crippen molar-refractivity contribution in [2.75, 3.05) is 0 Å². The molecule has 0 aromatic heterocycles. The van der Waals surface area contributed by atoms with Crippen LogP contribution in [-0.2, 0) is 32.1 Å². The molecule has 1 nitrogen and oxygen atoms in total. The van der Waals surface area contributed by atoms with Gasteiger partial charge in [0.1, 0.15) is 0 Å². The van der Waals surface area contributed by atoms with E-state index in [2.05, 4.69) is 50.2 Å². The van der Waals surface area contributed by atoms with Gasteiger partial charge in [-0.25, -0.2) is 0 Å². The zero-order chi connectivity index (χ0) is 23.9. The second kappa shape index (κ2) is 12.3. The Morgan fingerprint density at radius 3 is 2.41 bits per heavy atom. The molecule has 2 aromatic carbocycles. The average Bonchev–Trinajstić information content (AvgIpc) is 3.51. The number of hydrogen-bond acceptors (Lipinski definition) is 1. The van der Waals surface area contributed by atoms with Gasteiger partial charge in [0.2, 0.25) is 0 Å². The van der Waals surface area contributed by atoms with Gasteiger partial charge in [-0.3, -0.25) is 0 Å². The number of fused-ring (bicyclic) bond motifs is 1. The molecule has 0 radical (unpaired) electrons. The molecule has 2 aromatic rings. The highest BCUT2D eigenvalue weighted by Crippen LogP contribution is 2.37. The highest BCUT2D eigenvalue weighted by Gasteiger charge is 2.22. The van der Waals surface area contributed by atoms with Crippen LogP contribution in [0.1, 0.15) is 105 Å². The Morgan fingerprint density at radius 2 is 1.68 bits per heavy atom. The smallest absolute Gasteiger partial charge is 0.0624 e. The van der Waals surface area contributed by atoms with E-state index < -0.39 is 0 Å². The lowest BCUT2D eigenvalue weighted by Crippen LogP contribution is -2.06. The molecule has 0 spiro atoms. The fraction of sp³-hybridized carbons (Fsp3) is 0.594. The molecule has 34 heavy (non-hydrogen) atoms. The van der Waals surface area contributed by atoms with Crippen molar-refractivity contribution in [2.45, 2.75) is 104 Å². The van der Waals surface area contributed by atoms with E-state index in [0.29, 0.717) is 18.3 Å². The standard InChI is InChI=1S/C32H42ClN/c1-23(20-24(2)18-19-34)10-17-28-22-29(32(33)31-9-5-8-30(28)31)21-27-15-13-26(14-16-27)7-4-3-6-25-11-12-25/h13-16,22-25H,3-12,17-18,20-21H2,1-2H3. The highest BCUT2D eigenvalue weighted by atomic mass is 35.5. The topological polar surface area (TPSA) is 23.8 Å². The van der Waals surface area contributed by atoms with Gasteiger partial charge in [0.05, 0.1) is 6.07 Å². The average molecular weight is 476 g/mol. The molecule has 4 rings (SSSR count). The van der Waals surface area contributed by atoms with Crippen LogP contribution in [0.3, 0.4) is 0 Å². The van der Waals surface area contributed by atoms with Gasteiger partial charge in [0, 0.05) is 11.4 Å². The number of nitrogens with zero attached hydrogens (tertiary/aromatic N) is 1. The minimum Gasteiger partial charge on any atom is -0.198 e. The third kappa shape index (κ3) is 7.11. The maximum Gasteiger partial charge on any atom is 0.0624 e. The van der Waals surface area contributed by atoms with Gasteiger partial charge in [-0.05, 0) is 109 Å². The van der Waals surface area contributed by atoms with Crippen LogP contribution in [0.2, 0.25) is 5.02 Å². The number of rotatable bonds is 13. The molecule has 1 fully saturated rings. The van der Waals surface area contributed by atoms with Crippen LogP contribution in [-0.4, -0.2) is 0 Å². The molecule has 0 amide bonds. The number of halogens is 1. The van der Waals surface area contributed by atoms with E-state index in [0.717, 1.165) is 36.6 Å². The summed E-state index contributed by atoms with van der Waals surface area (Å²) in [5.74, 6) is 2.20. The molecule has 2 heteroatoms. The van der Waals surface area contributed by atoms with E-state index >= 15 is 0 Å². The Bertz CT molecular complexity index is 980. The molecule has 2 unspecified atom stereocenters. The summed E-state index contributed by atoms with van der Waals surface area (Å²) < 4.78 is 0. The van der Waals surface area contributed by atoms with Gasteiger partial charge in [-0.15, -0.1) is 0 Å². The van der Waals surface area contributed by atoms with E-state index in [4.69, 9.17) is 16.9 Å². The number of nitriles is 1. The van der Waals surface area contributed by atoms with Crippen molar-refractivity contribution >= 4 is 11.6 Å². The van der Waals surface area contributed by atoms with Crippen LogP contribution in [0, 0.1) is 29.1 Å². The Hall–Kier alpha value is -1.78. The molecule has 2 aliphatic carbocycles. The van der Waals surface area contributed by atoms with Gasteiger partial charge in [0.15, 0.2) is 0 Å². The Kier molecular flexibility index (Phi) is 9.13.